The van der Waals surface area contributed by atoms with Crippen molar-refractivity contribution in [1.82, 2.24) is 0 Å². The summed E-state index contributed by atoms with van der Waals surface area (Å²) in [6.45, 7) is 7.02. The summed E-state index contributed by atoms with van der Waals surface area (Å²) in [6.07, 6.45) is 1.61. The predicted molar refractivity (Wildman–Crippen MR) is 55.2 cm³/mol. The van der Waals surface area contributed by atoms with Crippen LogP contribution in [0.1, 0.15) is 5.56 Å². The maximum absolute atomic E-state index is 5.87. The van der Waals surface area contributed by atoms with Gasteiger partial charge in [0.25, 0.3) is 0 Å². The third kappa shape index (κ3) is 1.34. The molecule has 2 nitrogen and oxygen atoms in total. The van der Waals surface area contributed by atoms with E-state index in [1.165, 1.54) is 0 Å². The predicted octanol–water partition coefficient (Wildman–Crippen LogP) is 2.90. The molecule has 0 fully saturated rings. The number of nitrogen functional groups attached to an aromatic ring is 1. The summed E-state index contributed by atoms with van der Waals surface area (Å²) in [5.41, 5.74) is 7.52. The number of hydrogen-bond donors (Lipinski definition) is 1. The number of nitrogens with two attached hydrogens (primary N) is 1. The van der Waals surface area contributed by atoms with Gasteiger partial charge in [-0.25, -0.2) is 0 Å². The SMILES string of the molecule is C=Cc1c(Cl)ccc(N)c1N=C. The first kappa shape index (κ1) is 8.81. The second-order valence-electron chi connectivity index (χ2n) is 2.26. The number of anilines is 1. The molecule has 0 saturated carbocycles. The molecule has 0 spiro atoms. The molecular weight excluding hydrogens is 172 g/mol. The zero-order valence-corrected chi connectivity index (χ0v) is 7.30. The topological polar surface area (TPSA) is 38.4 Å². The van der Waals surface area contributed by atoms with Gasteiger partial charge in [-0.05, 0) is 18.9 Å². The lowest BCUT2D eigenvalue weighted by Gasteiger charge is -2.05. The van der Waals surface area contributed by atoms with Crippen LogP contribution in [0, 0.1) is 0 Å². The third-order valence-corrected chi connectivity index (χ3v) is 1.89. The molecule has 1 rings (SSSR count). The molecule has 3 heteroatoms. The Morgan fingerprint density at radius 1 is 1.50 bits per heavy atom. The Morgan fingerprint density at radius 2 is 2.17 bits per heavy atom. The van der Waals surface area contributed by atoms with Crippen molar-refractivity contribution >= 4 is 35.8 Å². The third-order valence-electron chi connectivity index (χ3n) is 1.56. The Bertz CT molecular complexity index is 299. The first-order valence-electron chi connectivity index (χ1n) is 3.38. The Kier molecular flexibility index (Phi) is 2.51. The highest BCUT2D eigenvalue weighted by atomic mass is 35.5. The van der Waals surface area contributed by atoms with Crippen molar-refractivity contribution in [1.29, 1.82) is 0 Å². The Hall–Kier alpha value is -1.28. The van der Waals surface area contributed by atoms with Gasteiger partial charge < -0.3 is 5.73 Å². The molecule has 0 atom stereocenters. The van der Waals surface area contributed by atoms with E-state index in [0.29, 0.717) is 16.4 Å². The van der Waals surface area contributed by atoms with Crippen molar-refractivity contribution in [2.24, 2.45) is 4.99 Å². The summed E-state index contributed by atoms with van der Waals surface area (Å²) in [5, 5.41) is 0.585. The lowest BCUT2D eigenvalue weighted by molar-refractivity contribution is 1.52. The molecule has 1 aromatic rings. The standard InChI is InChI=1S/C9H9ClN2/c1-3-6-7(10)4-5-8(11)9(6)12-2/h3-5H,1-2,11H2. The van der Waals surface area contributed by atoms with Gasteiger partial charge >= 0.3 is 0 Å². The second-order valence-corrected chi connectivity index (χ2v) is 2.67. The van der Waals surface area contributed by atoms with E-state index in [4.69, 9.17) is 17.3 Å². The van der Waals surface area contributed by atoms with Crippen LogP contribution in [0.5, 0.6) is 0 Å². The van der Waals surface area contributed by atoms with E-state index >= 15 is 0 Å². The maximum Gasteiger partial charge on any atom is 0.0938 e. The van der Waals surface area contributed by atoms with Crippen LogP contribution >= 0.6 is 11.6 Å². The molecule has 0 saturated heterocycles. The van der Waals surface area contributed by atoms with Crippen LogP contribution < -0.4 is 5.73 Å². The van der Waals surface area contributed by atoms with E-state index in [-0.39, 0.29) is 0 Å². The highest BCUT2D eigenvalue weighted by Crippen LogP contribution is 2.32. The van der Waals surface area contributed by atoms with Crippen molar-refractivity contribution < 1.29 is 0 Å². The molecular formula is C9H9ClN2. The smallest absolute Gasteiger partial charge is 0.0938 e. The van der Waals surface area contributed by atoms with Gasteiger partial charge in [0.1, 0.15) is 0 Å². The molecule has 0 heterocycles. The number of hydrogen-bond acceptors (Lipinski definition) is 2. The molecule has 1 aromatic carbocycles. The fraction of sp³-hybridized carbons (Fsp3) is 0. The Morgan fingerprint density at radius 3 is 2.58 bits per heavy atom. The summed E-state index contributed by atoms with van der Waals surface area (Å²) in [7, 11) is 0. The van der Waals surface area contributed by atoms with Crippen LogP contribution in [0.2, 0.25) is 5.02 Å². The highest BCUT2D eigenvalue weighted by molar-refractivity contribution is 6.32. The molecule has 12 heavy (non-hydrogen) atoms. The lowest BCUT2D eigenvalue weighted by atomic mass is 10.1. The number of nitrogens with zero attached hydrogens (tertiary/aromatic N) is 1. The molecule has 0 aromatic heterocycles. The first-order chi connectivity index (χ1) is 5.70. The number of rotatable bonds is 2. The highest BCUT2D eigenvalue weighted by Gasteiger charge is 2.05. The second kappa shape index (κ2) is 3.41. The van der Waals surface area contributed by atoms with Crippen molar-refractivity contribution in [3.05, 3.63) is 29.3 Å². The Labute approximate surface area is 76.4 Å². The zero-order valence-electron chi connectivity index (χ0n) is 6.55. The average Bonchev–Trinajstić information content (AvgIpc) is 2.08. The lowest BCUT2D eigenvalue weighted by Crippen LogP contribution is -1.87. The van der Waals surface area contributed by atoms with Crippen LogP contribution in [-0.2, 0) is 0 Å². The minimum absolute atomic E-state index is 0.560. The number of aliphatic imine (C=N–C) groups is 1. The van der Waals surface area contributed by atoms with Crippen LogP contribution in [0.25, 0.3) is 6.08 Å². The average molecular weight is 181 g/mol. The van der Waals surface area contributed by atoms with Gasteiger partial charge in [0, 0.05) is 5.56 Å². The molecule has 62 valence electrons. The molecule has 0 aliphatic heterocycles. The van der Waals surface area contributed by atoms with Crippen molar-refractivity contribution in [3.63, 3.8) is 0 Å². The molecule has 0 amide bonds. The van der Waals surface area contributed by atoms with Gasteiger partial charge in [-0.3, -0.25) is 4.99 Å². The van der Waals surface area contributed by atoms with E-state index in [9.17, 15) is 0 Å². The Balaban J connectivity index is 3.48. The monoisotopic (exact) mass is 180 g/mol. The molecule has 0 radical (unpaired) electrons. The van der Waals surface area contributed by atoms with Gasteiger partial charge in [0.05, 0.1) is 16.4 Å². The van der Waals surface area contributed by atoms with Crippen molar-refractivity contribution in [2.75, 3.05) is 5.73 Å². The van der Waals surface area contributed by atoms with E-state index in [1.807, 2.05) is 0 Å². The zero-order chi connectivity index (χ0) is 9.14. The van der Waals surface area contributed by atoms with E-state index < -0.39 is 0 Å². The van der Waals surface area contributed by atoms with E-state index in [0.717, 1.165) is 5.56 Å². The van der Waals surface area contributed by atoms with Crippen LogP contribution in [0.4, 0.5) is 11.4 Å². The largest absolute Gasteiger partial charge is 0.397 e. The number of halogens is 1. The minimum Gasteiger partial charge on any atom is -0.397 e. The summed E-state index contributed by atoms with van der Waals surface area (Å²) in [5.74, 6) is 0. The van der Waals surface area contributed by atoms with Gasteiger partial charge in [-0.2, -0.15) is 0 Å². The van der Waals surface area contributed by atoms with Crippen molar-refractivity contribution in [2.45, 2.75) is 0 Å². The summed E-state index contributed by atoms with van der Waals surface area (Å²) in [4.78, 5) is 3.77. The molecule has 0 aliphatic carbocycles. The number of benzene rings is 1. The summed E-state index contributed by atoms with van der Waals surface area (Å²) in [6, 6.07) is 3.40. The van der Waals surface area contributed by atoms with Gasteiger partial charge in [0.15, 0.2) is 0 Å². The quantitative estimate of drug-likeness (QED) is 0.552. The van der Waals surface area contributed by atoms with Gasteiger partial charge in [-0.1, -0.05) is 24.3 Å². The van der Waals surface area contributed by atoms with Crippen molar-refractivity contribution in [3.8, 4) is 0 Å². The maximum atomic E-state index is 5.87. The molecule has 0 aliphatic rings. The summed E-state index contributed by atoms with van der Waals surface area (Å²) < 4.78 is 0. The fourth-order valence-electron chi connectivity index (χ4n) is 0.971. The first-order valence-corrected chi connectivity index (χ1v) is 3.75. The van der Waals surface area contributed by atoms with Gasteiger partial charge in [0.2, 0.25) is 0 Å². The van der Waals surface area contributed by atoms with E-state index in [2.05, 4.69) is 18.3 Å². The molecule has 0 bridgehead atoms. The van der Waals surface area contributed by atoms with E-state index in [1.54, 1.807) is 18.2 Å². The minimum atomic E-state index is 0.560. The van der Waals surface area contributed by atoms with Crippen LogP contribution in [-0.4, -0.2) is 6.72 Å². The van der Waals surface area contributed by atoms with Crippen LogP contribution in [0.15, 0.2) is 23.7 Å². The molecule has 2 N–H and O–H groups in total. The normalized spacial score (nSPS) is 9.42. The van der Waals surface area contributed by atoms with Crippen LogP contribution in [0.3, 0.4) is 0 Å². The summed E-state index contributed by atoms with van der Waals surface area (Å²) >= 11 is 5.87. The molecule has 0 unspecified atom stereocenters. The fourth-order valence-corrected chi connectivity index (χ4v) is 1.20. The van der Waals surface area contributed by atoms with Gasteiger partial charge in [-0.15, -0.1) is 0 Å².